The van der Waals surface area contributed by atoms with E-state index < -0.39 is 0 Å². The molecule has 80 valence electrons. The zero-order chi connectivity index (χ0) is 10.1. The molecule has 1 aromatic carbocycles. The molecule has 3 fully saturated rings. The van der Waals surface area contributed by atoms with Crippen molar-refractivity contribution in [3.63, 3.8) is 0 Å². The minimum Gasteiger partial charge on any atom is -0.299 e. The molecule has 3 aliphatic rings. The van der Waals surface area contributed by atoms with Crippen LogP contribution in [0.25, 0.3) is 0 Å². The highest BCUT2D eigenvalue weighted by Crippen LogP contribution is 2.18. The Morgan fingerprint density at radius 1 is 1.00 bits per heavy atom. The second kappa shape index (κ2) is 3.95. The van der Waals surface area contributed by atoms with Crippen molar-refractivity contribution in [1.82, 2.24) is 9.80 Å². The molecule has 2 heteroatoms. The quantitative estimate of drug-likeness (QED) is 0.711. The second-order valence-electron chi connectivity index (χ2n) is 4.68. The minimum absolute atomic E-state index is 0.759. The van der Waals surface area contributed by atoms with Crippen molar-refractivity contribution in [2.24, 2.45) is 0 Å². The molecule has 15 heavy (non-hydrogen) atoms. The van der Waals surface area contributed by atoms with E-state index in [1.54, 1.807) is 0 Å². The third kappa shape index (κ3) is 1.92. The molecule has 2 bridgehead atoms. The van der Waals surface area contributed by atoms with Crippen molar-refractivity contribution < 1.29 is 0 Å². The van der Waals surface area contributed by atoms with Crippen LogP contribution in [-0.2, 0) is 6.42 Å². The number of rotatable bonds is 2. The molecule has 4 rings (SSSR count). The first-order valence-electron chi connectivity index (χ1n) is 5.92. The number of piperazine rings is 3. The van der Waals surface area contributed by atoms with Gasteiger partial charge in [0.2, 0.25) is 0 Å². The average Bonchev–Trinajstić information content (AvgIpc) is 2.32. The van der Waals surface area contributed by atoms with Gasteiger partial charge in [-0.3, -0.25) is 9.80 Å². The van der Waals surface area contributed by atoms with Gasteiger partial charge in [-0.2, -0.15) is 0 Å². The summed E-state index contributed by atoms with van der Waals surface area (Å²) < 4.78 is 0. The maximum atomic E-state index is 2.66. The van der Waals surface area contributed by atoms with Crippen molar-refractivity contribution in [2.75, 3.05) is 32.7 Å². The Hall–Kier alpha value is -0.860. The summed E-state index contributed by atoms with van der Waals surface area (Å²) in [4.78, 5) is 5.26. The number of fused-ring (bicyclic) bond motifs is 3. The SMILES string of the molecule is c1ccc(CC2CN3CCN2CC3)cc1. The number of hydrogen-bond donors (Lipinski definition) is 0. The molecule has 0 aliphatic carbocycles. The highest BCUT2D eigenvalue weighted by molar-refractivity contribution is 5.16. The monoisotopic (exact) mass is 202 g/mol. The first-order valence-corrected chi connectivity index (χ1v) is 5.92. The molecule has 1 aromatic rings. The van der Waals surface area contributed by atoms with Crippen LogP contribution in [0.3, 0.4) is 0 Å². The molecule has 0 amide bonds. The fourth-order valence-electron chi connectivity index (χ4n) is 2.80. The van der Waals surface area contributed by atoms with Gasteiger partial charge in [0.1, 0.15) is 0 Å². The van der Waals surface area contributed by atoms with Gasteiger partial charge >= 0.3 is 0 Å². The van der Waals surface area contributed by atoms with E-state index >= 15 is 0 Å². The first kappa shape index (κ1) is 9.37. The van der Waals surface area contributed by atoms with Crippen LogP contribution in [0.5, 0.6) is 0 Å². The van der Waals surface area contributed by atoms with Gasteiger partial charge in [-0.25, -0.2) is 0 Å². The maximum Gasteiger partial charge on any atom is 0.0264 e. The van der Waals surface area contributed by atoms with Crippen molar-refractivity contribution in [1.29, 1.82) is 0 Å². The normalized spacial score (nSPS) is 34.3. The molecule has 0 radical (unpaired) electrons. The van der Waals surface area contributed by atoms with E-state index in [0.29, 0.717) is 0 Å². The van der Waals surface area contributed by atoms with Crippen LogP contribution in [0.2, 0.25) is 0 Å². The Bertz CT molecular complexity index is 315. The van der Waals surface area contributed by atoms with E-state index in [0.717, 1.165) is 6.04 Å². The van der Waals surface area contributed by atoms with E-state index in [-0.39, 0.29) is 0 Å². The summed E-state index contributed by atoms with van der Waals surface area (Å²) in [5.41, 5.74) is 1.48. The Kier molecular flexibility index (Phi) is 2.47. The van der Waals surface area contributed by atoms with E-state index in [2.05, 4.69) is 40.1 Å². The van der Waals surface area contributed by atoms with Crippen LogP contribution in [0.4, 0.5) is 0 Å². The standard InChI is InChI=1S/C13H18N2/c1-2-4-12(5-3-1)10-13-11-14-6-8-15(13)9-7-14/h1-5,13H,6-11H2. The lowest BCUT2D eigenvalue weighted by Crippen LogP contribution is -2.61. The molecule has 0 aromatic heterocycles. The largest absolute Gasteiger partial charge is 0.299 e. The van der Waals surface area contributed by atoms with Gasteiger partial charge in [0.25, 0.3) is 0 Å². The number of benzene rings is 1. The highest BCUT2D eigenvalue weighted by atomic mass is 15.3. The van der Waals surface area contributed by atoms with Crippen LogP contribution in [-0.4, -0.2) is 48.6 Å². The summed E-state index contributed by atoms with van der Waals surface area (Å²) in [5.74, 6) is 0. The van der Waals surface area contributed by atoms with E-state index in [4.69, 9.17) is 0 Å². The predicted octanol–water partition coefficient (Wildman–Crippen LogP) is 1.23. The number of nitrogens with zero attached hydrogens (tertiary/aromatic N) is 2. The summed E-state index contributed by atoms with van der Waals surface area (Å²) in [7, 11) is 0. The maximum absolute atomic E-state index is 2.66. The molecule has 3 aliphatic heterocycles. The zero-order valence-corrected chi connectivity index (χ0v) is 9.10. The molecule has 0 N–H and O–H groups in total. The third-order valence-corrected chi connectivity index (χ3v) is 3.71. The average molecular weight is 202 g/mol. The van der Waals surface area contributed by atoms with Gasteiger partial charge in [-0.05, 0) is 12.0 Å². The topological polar surface area (TPSA) is 6.48 Å². The predicted molar refractivity (Wildman–Crippen MR) is 61.9 cm³/mol. The lowest BCUT2D eigenvalue weighted by atomic mass is 10.00. The number of hydrogen-bond acceptors (Lipinski definition) is 2. The minimum atomic E-state index is 0.759. The van der Waals surface area contributed by atoms with Gasteiger partial charge in [0.05, 0.1) is 0 Å². The summed E-state index contributed by atoms with van der Waals surface area (Å²) in [6.45, 7) is 6.39. The molecule has 3 saturated heterocycles. The molecular formula is C13H18N2. The smallest absolute Gasteiger partial charge is 0.0264 e. The van der Waals surface area contributed by atoms with Crippen LogP contribution >= 0.6 is 0 Å². The second-order valence-corrected chi connectivity index (χ2v) is 4.68. The lowest BCUT2D eigenvalue weighted by molar-refractivity contribution is 0.0136. The highest BCUT2D eigenvalue weighted by Gasteiger charge is 2.31. The summed E-state index contributed by atoms with van der Waals surface area (Å²) in [5, 5.41) is 0. The molecular weight excluding hydrogens is 184 g/mol. The zero-order valence-electron chi connectivity index (χ0n) is 9.10. The van der Waals surface area contributed by atoms with E-state index in [1.165, 1.54) is 44.7 Å². The Balaban J connectivity index is 1.69. The molecule has 2 nitrogen and oxygen atoms in total. The van der Waals surface area contributed by atoms with Crippen LogP contribution < -0.4 is 0 Å². The Morgan fingerprint density at radius 2 is 1.73 bits per heavy atom. The van der Waals surface area contributed by atoms with Crippen LogP contribution in [0, 0.1) is 0 Å². The molecule has 0 spiro atoms. The van der Waals surface area contributed by atoms with Gasteiger partial charge in [-0.15, -0.1) is 0 Å². The summed E-state index contributed by atoms with van der Waals surface area (Å²) in [6, 6.07) is 11.6. The fraction of sp³-hybridized carbons (Fsp3) is 0.538. The van der Waals surface area contributed by atoms with Gasteiger partial charge < -0.3 is 0 Å². The molecule has 1 atom stereocenters. The van der Waals surface area contributed by atoms with Gasteiger partial charge in [0, 0.05) is 38.8 Å². The van der Waals surface area contributed by atoms with Crippen LogP contribution in [0.1, 0.15) is 5.56 Å². The van der Waals surface area contributed by atoms with Crippen LogP contribution in [0.15, 0.2) is 30.3 Å². The van der Waals surface area contributed by atoms with E-state index in [9.17, 15) is 0 Å². The summed E-state index contributed by atoms with van der Waals surface area (Å²) in [6.07, 6.45) is 1.22. The van der Waals surface area contributed by atoms with Crippen molar-refractivity contribution in [3.8, 4) is 0 Å². The lowest BCUT2D eigenvalue weighted by Gasteiger charge is -2.47. The first-order chi connectivity index (χ1) is 7.42. The Labute approximate surface area is 91.5 Å². The van der Waals surface area contributed by atoms with Gasteiger partial charge in [0.15, 0.2) is 0 Å². The summed E-state index contributed by atoms with van der Waals surface area (Å²) >= 11 is 0. The van der Waals surface area contributed by atoms with Crippen molar-refractivity contribution in [3.05, 3.63) is 35.9 Å². The Morgan fingerprint density at radius 3 is 2.33 bits per heavy atom. The third-order valence-electron chi connectivity index (χ3n) is 3.71. The van der Waals surface area contributed by atoms with Gasteiger partial charge in [-0.1, -0.05) is 30.3 Å². The molecule has 0 saturated carbocycles. The van der Waals surface area contributed by atoms with Crippen molar-refractivity contribution in [2.45, 2.75) is 12.5 Å². The van der Waals surface area contributed by atoms with E-state index in [1.807, 2.05) is 0 Å². The molecule has 1 unspecified atom stereocenters. The van der Waals surface area contributed by atoms with Crippen molar-refractivity contribution >= 4 is 0 Å². The fourth-order valence-corrected chi connectivity index (χ4v) is 2.80. The molecule has 3 heterocycles.